The number of aromatic nitrogens is 2. The average Bonchev–Trinajstić information content (AvgIpc) is 2.65. The Morgan fingerprint density at radius 1 is 1.25 bits per heavy atom. The third kappa shape index (κ3) is 4.37. The molecule has 0 amide bonds. The number of alkyl halides is 3. The first-order chi connectivity index (χ1) is 9.10. The molecule has 0 aliphatic rings. The molecule has 1 aromatic rings. The Morgan fingerprint density at radius 3 is 2.25 bits per heavy atom. The fourth-order valence-electron chi connectivity index (χ4n) is 2.01. The molecule has 0 aliphatic carbocycles. The number of aryl methyl sites for hydroxylation is 2. The van der Waals surface area contributed by atoms with Crippen molar-refractivity contribution >= 4 is 19.7 Å². The van der Waals surface area contributed by atoms with Crippen LogP contribution in [-0.4, -0.2) is 24.4 Å². The largest absolute Gasteiger partial charge is 0.389 e. The molecule has 1 rings (SSSR count). The quantitative estimate of drug-likeness (QED) is 0.751. The van der Waals surface area contributed by atoms with Crippen molar-refractivity contribution < 1.29 is 21.6 Å². The molecule has 0 spiro atoms. The van der Waals surface area contributed by atoms with Crippen LogP contribution >= 0.6 is 10.7 Å². The summed E-state index contributed by atoms with van der Waals surface area (Å²) >= 11 is 0. The van der Waals surface area contributed by atoms with E-state index in [1.165, 1.54) is 4.68 Å². The van der Waals surface area contributed by atoms with Crippen LogP contribution in [-0.2, 0) is 28.4 Å². The van der Waals surface area contributed by atoms with Gasteiger partial charge in [0.1, 0.15) is 4.90 Å². The predicted octanol–water partition coefficient (Wildman–Crippen LogP) is 3.28. The number of halogens is 4. The van der Waals surface area contributed by atoms with Crippen LogP contribution in [0.1, 0.15) is 38.1 Å². The number of hydrogen-bond acceptors (Lipinski definition) is 3. The Kier molecular flexibility index (Phi) is 5.48. The summed E-state index contributed by atoms with van der Waals surface area (Å²) in [5, 5.41) is 4.07. The summed E-state index contributed by atoms with van der Waals surface area (Å²) in [6.45, 7) is 3.44. The molecule has 0 N–H and O–H groups in total. The molecule has 0 radical (unpaired) electrons. The summed E-state index contributed by atoms with van der Waals surface area (Å²) in [6.07, 6.45) is -4.63. The molecule has 9 heteroatoms. The lowest BCUT2D eigenvalue weighted by molar-refractivity contribution is -0.136. The van der Waals surface area contributed by atoms with E-state index in [0.29, 0.717) is 24.2 Å². The normalized spacial score (nSPS) is 12.9. The maximum atomic E-state index is 12.1. The average molecular weight is 333 g/mol. The van der Waals surface area contributed by atoms with E-state index in [2.05, 4.69) is 5.10 Å². The fourth-order valence-corrected chi connectivity index (χ4v) is 3.54. The molecule has 1 aromatic heterocycles. The third-order valence-corrected chi connectivity index (χ3v) is 4.24. The highest BCUT2D eigenvalue weighted by Crippen LogP contribution is 2.27. The van der Waals surface area contributed by atoms with Crippen molar-refractivity contribution in [2.24, 2.45) is 0 Å². The number of rotatable bonds is 6. The molecule has 20 heavy (non-hydrogen) atoms. The molecule has 4 nitrogen and oxygen atoms in total. The second-order valence-corrected chi connectivity index (χ2v) is 6.81. The lowest BCUT2D eigenvalue weighted by Crippen LogP contribution is -2.11. The first kappa shape index (κ1) is 17.3. The molecule has 0 aliphatic heterocycles. The molecule has 0 fully saturated rings. The molecule has 0 saturated carbocycles. The minimum atomic E-state index is -4.23. The Labute approximate surface area is 120 Å². The van der Waals surface area contributed by atoms with E-state index < -0.39 is 21.6 Å². The molecule has 1 heterocycles. The van der Waals surface area contributed by atoms with Crippen LogP contribution in [0.4, 0.5) is 13.2 Å². The second-order valence-electron chi connectivity index (χ2n) is 4.31. The van der Waals surface area contributed by atoms with Crippen LogP contribution in [0.5, 0.6) is 0 Å². The van der Waals surface area contributed by atoms with E-state index in [4.69, 9.17) is 10.7 Å². The maximum absolute atomic E-state index is 12.1. The first-order valence-corrected chi connectivity index (χ1v) is 8.51. The summed E-state index contributed by atoms with van der Waals surface area (Å²) in [4.78, 5) is -0.0591. The highest BCUT2D eigenvalue weighted by atomic mass is 35.7. The third-order valence-electron chi connectivity index (χ3n) is 2.82. The van der Waals surface area contributed by atoms with Crippen molar-refractivity contribution in [2.75, 3.05) is 0 Å². The van der Waals surface area contributed by atoms with Gasteiger partial charge < -0.3 is 0 Å². The van der Waals surface area contributed by atoms with Crippen LogP contribution in [0, 0.1) is 0 Å². The van der Waals surface area contributed by atoms with Crippen molar-refractivity contribution in [1.82, 2.24) is 9.78 Å². The van der Waals surface area contributed by atoms with Crippen molar-refractivity contribution in [2.45, 2.75) is 57.1 Å². The Bertz CT molecular complexity index is 567. The van der Waals surface area contributed by atoms with E-state index in [9.17, 15) is 21.6 Å². The van der Waals surface area contributed by atoms with Gasteiger partial charge in [0.15, 0.2) is 0 Å². The van der Waals surface area contributed by atoms with Gasteiger partial charge in [0.2, 0.25) is 0 Å². The van der Waals surface area contributed by atoms with E-state index in [0.717, 1.165) is 0 Å². The van der Waals surface area contributed by atoms with Gasteiger partial charge in [-0.3, -0.25) is 4.68 Å². The molecular formula is C11H16ClF3N2O2S. The minimum absolute atomic E-state index is 0.0160. The zero-order valence-corrected chi connectivity index (χ0v) is 12.7. The lowest BCUT2D eigenvalue weighted by Gasteiger charge is -2.08. The van der Waals surface area contributed by atoms with E-state index in [1.54, 1.807) is 13.8 Å². The van der Waals surface area contributed by atoms with E-state index >= 15 is 0 Å². The van der Waals surface area contributed by atoms with Crippen LogP contribution in [0.2, 0.25) is 0 Å². The monoisotopic (exact) mass is 332 g/mol. The molecular weight excluding hydrogens is 317 g/mol. The first-order valence-electron chi connectivity index (χ1n) is 6.20. The topological polar surface area (TPSA) is 52.0 Å². The van der Waals surface area contributed by atoms with Gasteiger partial charge in [-0.15, -0.1) is 0 Å². The summed E-state index contributed by atoms with van der Waals surface area (Å²) in [7, 11) is 1.43. The minimum Gasteiger partial charge on any atom is -0.268 e. The van der Waals surface area contributed by atoms with Crippen LogP contribution in [0.25, 0.3) is 0 Å². The van der Waals surface area contributed by atoms with Gasteiger partial charge in [0.25, 0.3) is 9.05 Å². The van der Waals surface area contributed by atoms with Gasteiger partial charge >= 0.3 is 6.18 Å². The van der Waals surface area contributed by atoms with Crippen molar-refractivity contribution in [3.05, 3.63) is 11.4 Å². The zero-order chi connectivity index (χ0) is 15.6. The van der Waals surface area contributed by atoms with Crippen molar-refractivity contribution in [3.63, 3.8) is 0 Å². The summed E-state index contributed by atoms with van der Waals surface area (Å²) < 4.78 is 60.9. The molecule has 0 aromatic carbocycles. The Hall–Kier alpha value is -0.760. The lowest BCUT2D eigenvalue weighted by atomic mass is 10.2. The van der Waals surface area contributed by atoms with Gasteiger partial charge in [-0.05, 0) is 19.3 Å². The molecule has 0 atom stereocenters. The number of hydrogen-bond donors (Lipinski definition) is 0. The molecule has 116 valence electrons. The van der Waals surface area contributed by atoms with Crippen LogP contribution in [0.3, 0.4) is 0 Å². The fraction of sp³-hybridized carbons (Fsp3) is 0.727. The summed E-state index contributed by atoms with van der Waals surface area (Å²) in [5.74, 6) is 0. The molecule has 0 saturated heterocycles. The van der Waals surface area contributed by atoms with Gasteiger partial charge in [-0.25, -0.2) is 8.42 Å². The predicted molar refractivity (Wildman–Crippen MR) is 69.3 cm³/mol. The smallest absolute Gasteiger partial charge is 0.268 e. The van der Waals surface area contributed by atoms with Gasteiger partial charge in [-0.2, -0.15) is 18.3 Å². The number of nitrogens with zero attached hydrogens (tertiary/aromatic N) is 2. The van der Waals surface area contributed by atoms with Gasteiger partial charge in [0.05, 0.1) is 11.4 Å². The van der Waals surface area contributed by atoms with Gasteiger partial charge in [-0.1, -0.05) is 13.8 Å². The highest BCUT2D eigenvalue weighted by Gasteiger charge is 2.28. The van der Waals surface area contributed by atoms with Crippen molar-refractivity contribution in [1.29, 1.82) is 0 Å². The van der Waals surface area contributed by atoms with Crippen LogP contribution in [0.15, 0.2) is 4.90 Å². The van der Waals surface area contributed by atoms with E-state index in [-0.39, 0.29) is 17.9 Å². The molecule has 0 bridgehead atoms. The summed E-state index contributed by atoms with van der Waals surface area (Å²) in [5.41, 5.74) is 0.655. The zero-order valence-electron chi connectivity index (χ0n) is 11.2. The molecule has 0 unspecified atom stereocenters. The SMILES string of the molecule is CCc1nn(CCCC(F)(F)F)c(CC)c1S(=O)(=O)Cl. The Balaban J connectivity index is 3.07. The standard InChI is InChI=1S/C11H16ClF3N2O2S/c1-3-8-10(20(12,18)19)9(4-2)17(16-8)7-5-6-11(13,14)15/h3-7H2,1-2H3. The summed E-state index contributed by atoms with van der Waals surface area (Å²) in [6, 6.07) is 0. The van der Waals surface area contributed by atoms with Crippen LogP contribution < -0.4 is 0 Å². The van der Waals surface area contributed by atoms with Gasteiger partial charge in [0, 0.05) is 23.6 Å². The van der Waals surface area contributed by atoms with E-state index in [1.807, 2.05) is 0 Å². The second kappa shape index (κ2) is 6.34. The maximum Gasteiger partial charge on any atom is 0.389 e. The Morgan fingerprint density at radius 2 is 1.85 bits per heavy atom. The highest BCUT2D eigenvalue weighted by molar-refractivity contribution is 8.13. The van der Waals surface area contributed by atoms with Crippen molar-refractivity contribution in [3.8, 4) is 0 Å².